The molecule has 1 amide bonds. The molecule has 7 heteroatoms. The van der Waals surface area contributed by atoms with Crippen LogP contribution in [0.2, 0.25) is 0 Å². The van der Waals surface area contributed by atoms with Gasteiger partial charge in [0, 0.05) is 19.2 Å². The van der Waals surface area contributed by atoms with E-state index in [1.807, 2.05) is 5.43 Å². The highest BCUT2D eigenvalue weighted by molar-refractivity contribution is 9.10. The Balaban J connectivity index is 2.73. The van der Waals surface area contributed by atoms with Crippen LogP contribution in [0.5, 0.6) is 0 Å². The number of halogens is 1. The molecule has 0 aromatic carbocycles. The monoisotopic (exact) mass is 260 g/mol. The second-order valence-corrected chi connectivity index (χ2v) is 3.41. The molecule has 14 heavy (non-hydrogen) atoms. The number of aromatic nitrogens is 2. The molecule has 0 radical (unpaired) electrons. The lowest BCUT2D eigenvalue weighted by atomic mass is 10.4. The topological polar surface area (TPSA) is 90.0 Å². The van der Waals surface area contributed by atoms with Gasteiger partial charge in [0.25, 0.3) is 5.56 Å². The molecule has 1 aromatic rings. The number of carbonyl (C=O) groups is 1. The largest absolute Gasteiger partial charge is 0.298 e. The number of hydrogen-bond donors (Lipinski definition) is 2. The summed E-state index contributed by atoms with van der Waals surface area (Å²) in [7, 11) is 0. The molecule has 1 aromatic heterocycles. The van der Waals surface area contributed by atoms with Crippen molar-refractivity contribution in [2.24, 2.45) is 5.84 Å². The van der Waals surface area contributed by atoms with Crippen molar-refractivity contribution in [1.29, 1.82) is 0 Å². The summed E-state index contributed by atoms with van der Waals surface area (Å²) >= 11 is 3.05. The number of amides is 1. The van der Waals surface area contributed by atoms with Gasteiger partial charge in [0.1, 0.15) is 4.47 Å². The number of nitrogens with one attached hydrogen (secondary N) is 1. The molecule has 0 bridgehead atoms. The van der Waals surface area contributed by atoms with Crippen LogP contribution in [0.4, 0.5) is 0 Å². The molecule has 1 rings (SSSR count). The van der Waals surface area contributed by atoms with E-state index in [-0.39, 0.29) is 24.4 Å². The molecule has 0 unspecified atom stereocenters. The highest BCUT2D eigenvalue weighted by Crippen LogP contribution is 1.98. The Kier molecular flexibility index (Phi) is 3.78. The number of nitrogens with zero attached hydrogens (tertiary/aromatic N) is 2. The molecule has 0 aliphatic carbocycles. The lowest BCUT2D eigenvalue weighted by Gasteiger charge is -2.03. The number of hydrazine groups is 1. The molecule has 0 saturated carbocycles. The van der Waals surface area contributed by atoms with Gasteiger partial charge in [0.15, 0.2) is 0 Å². The van der Waals surface area contributed by atoms with Crippen molar-refractivity contribution >= 4 is 21.8 Å². The summed E-state index contributed by atoms with van der Waals surface area (Å²) in [6, 6.07) is 0. The van der Waals surface area contributed by atoms with Crippen molar-refractivity contribution in [1.82, 2.24) is 15.0 Å². The average Bonchev–Trinajstić information content (AvgIpc) is 2.20. The van der Waals surface area contributed by atoms with E-state index >= 15 is 0 Å². The van der Waals surface area contributed by atoms with Gasteiger partial charge in [-0.3, -0.25) is 19.6 Å². The minimum Gasteiger partial charge on any atom is -0.298 e. The van der Waals surface area contributed by atoms with Gasteiger partial charge in [-0.2, -0.15) is 0 Å². The van der Waals surface area contributed by atoms with Crippen LogP contribution < -0.4 is 16.8 Å². The molecule has 6 nitrogen and oxygen atoms in total. The SMILES string of the molecule is NNC(=O)CCn1cncc(Br)c1=O. The van der Waals surface area contributed by atoms with E-state index < -0.39 is 0 Å². The molecule has 3 N–H and O–H groups in total. The third-order valence-electron chi connectivity index (χ3n) is 1.60. The molecule has 0 fully saturated rings. The summed E-state index contributed by atoms with van der Waals surface area (Å²) in [5.74, 6) is 4.57. The average molecular weight is 261 g/mol. The first kappa shape index (κ1) is 10.9. The molecular weight excluding hydrogens is 252 g/mol. The Labute approximate surface area is 88.2 Å². The van der Waals surface area contributed by atoms with Crippen LogP contribution in [0.15, 0.2) is 21.8 Å². The van der Waals surface area contributed by atoms with Crippen LogP contribution in [0.1, 0.15) is 6.42 Å². The summed E-state index contributed by atoms with van der Waals surface area (Å²) in [6.45, 7) is 0.258. The normalized spacial score (nSPS) is 9.86. The Bertz CT molecular complexity index is 390. The number of aryl methyl sites for hydroxylation is 1. The van der Waals surface area contributed by atoms with Crippen LogP contribution in [-0.4, -0.2) is 15.5 Å². The lowest BCUT2D eigenvalue weighted by molar-refractivity contribution is -0.121. The van der Waals surface area contributed by atoms with Crippen LogP contribution in [0, 0.1) is 0 Å². The molecular formula is C7H9BrN4O2. The zero-order valence-corrected chi connectivity index (χ0v) is 8.82. The van der Waals surface area contributed by atoms with Crippen molar-refractivity contribution in [2.75, 3.05) is 0 Å². The van der Waals surface area contributed by atoms with Gasteiger partial charge in [0.2, 0.25) is 5.91 Å². The third kappa shape index (κ3) is 2.64. The van der Waals surface area contributed by atoms with E-state index in [1.54, 1.807) is 0 Å². The first-order valence-corrected chi connectivity index (χ1v) is 4.64. The van der Waals surface area contributed by atoms with Crippen molar-refractivity contribution in [3.8, 4) is 0 Å². The van der Waals surface area contributed by atoms with E-state index in [2.05, 4.69) is 20.9 Å². The molecule has 76 valence electrons. The van der Waals surface area contributed by atoms with E-state index in [4.69, 9.17) is 5.84 Å². The molecule has 0 saturated heterocycles. The number of rotatable bonds is 3. The van der Waals surface area contributed by atoms with E-state index in [9.17, 15) is 9.59 Å². The fourth-order valence-electron chi connectivity index (χ4n) is 0.878. The lowest BCUT2D eigenvalue weighted by Crippen LogP contribution is -2.32. The van der Waals surface area contributed by atoms with Crippen molar-refractivity contribution < 1.29 is 4.79 Å². The fraction of sp³-hybridized carbons (Fsp3) is 0.286. The first-order valence-electron chi connectivity index (χ1n) is 3.84. The van der Waals surface area contributed by atoms with Gasteiger partial charge in [-0.05, 0) is 15.9 Å². The van der Waals surface area contributed by atoms with Crippen LogP contribution in [0.3, 0.4) is 0 Å². The zero-order chi connectivity index (χ0) is 10.6. The smallest absolute Gasteiger partial charge is 0.267 e. The van der Waals surface area contributed by atoms with Crippen molar-refractivity contribution in [3.63, 3.8) is 0 Å². The van der Waals surface area contributed by atoms with E-state index in [0.717, 1.165) is 0 Å². The fourth-order valence-corrected chi connectivity index (χ4v) is 1.22. The molecule has 0 spiro atoms. The van der Waals surface area contributed by atoms with Gasteiger partial charge in [-0.15, -0.1) is 0 Å². The van der Waals surface area contributed by atoms with Gasteiger partial charge in [-0.1, -0.05) is 0 Å². The maximum absolute atomic E-state index is 11.4. The Morgan fingerprint density at radius 3 is 3.07 bits per heavy atom. The molecule has 0 aliphatic rings. The minimum absolute atomic E-state index is 0.147. The Hall–Kier alpha value is -1.21. The summed E-state index contributed by atoms with van der Waals surface area (Å²) in [5, 5.41) is 0. The van der Waals surface area contributed by atoms with Crippen molar-refractivity contribution in [3.05, 3.63) is 27.4 Å². The van der Waals surface area contributed by atoms with Gasteiger partial charge in [0.05, 0.1) is 6.33 Å². The van der Waals surface area contributed by atoms with Gasteiger partial charge >= 0.3 is 0 Å². The Morgan fingerprint density at radius 1 is 1.71 bits per heavy atom. The standard InChI is InChI=1S/C7H9BrN4O2/c8-5-3-10-4-12(7(5)14)2-1-6(13)11-9/h3-4H,1-2,9H2,(H,11,13). The van der Waals surface area contributed by atoms with Crippen molar-refractivity contribution in [2.45, 2.75) is 13.0 Å². The zero-order valence-electron chi connectivity index (χ0n) is 7.24. The predicted octanol–water partition coefficient (Wildman–Crippen LogP) is -0.614. The maximum atomic E-state index is 11.4. The highest BCUT2D eigenvalue weighted by atomic mass is 79.9. The van der Waals surface area contributed by atoms with Crippen LogP contribution in [0.25, 0.3) is 0 Å². The van der Waals surface area contributed by atoms with E-state index in [0.29, 0.717) is 4.47 Å². The quantitative estimate of drug-likeness (QED) is 0.431. The summed E-state index contributed by atoms with van der Waals surface area (Å²) in [5.41, 5.74) is 1.77. The van der Waals surface area contributed by atoms with Gasteiger partial charge < -0.3 is 0 Å². The third-order valence-corrected chi connectivity index (χ3v) is 2.14. The number of nitrogens with two attached hydrogens (primary N) is 1. The Morgan fingerprint density at radius 2 is 2.43 bits per heavy atom. The predicted molar refractivity (Wildman–Crippen MR) is 53.1 cm³/mol. The minimum atomic E-state index is -0.322. The summed E-state index contributed by atoms with van der Waals surface area (Å²) in [6.07, 6.45) is 2.92. The molecule has 0 aliphatic heterocycles. The summed E-state index contributed by atoms with van der Waals surface area (Å²) in [4.78, 5) is 26.0. The highest BCUT2D eigenvalue weighted by Gasteiger charge is 2.03. The first-order chi connectivity index (χ1) is 6.65. The number of carbonyl (C=O) groups excluding carboxylic acids is 1. The second-order valence-electron chi connectivity index (χ2n) is 2.56. The number of hydrogen-bond acceptors (Lipinski definition) is 4. The second kappa shape index (κ2) is 4.87. The molecule has 1 heterocycles. The maximum Gasteiger partial charge on any atom is 0.267 e. The van der Waals surface area contributed by atoms with E-state index in [1.165, 1.54) is 17.1 Å². The van der Waals surface area contributed by atoms with Crippen LogP contribution >= 0.6 is 15.9 Å². The van der Waals surface area contributed by atoms with Crippen LogP contribution in [-0.2, 0) is 11.3 Å². The summed E-state index contributed by atoms with van der Waals surface area (Å²) < 4.78 is 1.70. The molecule has 0 atom stereocenters. The van der Waals surface area contributed by atoms with Gasteiger partial charge in [-0.25, -0.2) is 10.8 Å².